The van der Waals surface area contributed by atoms with Crippen molar-refractivity contribution >= 4 is 33.4 Å². The fourth-order valence-electron chi connectivity index (χ4n) is 1.65. The predicted octanol–water partition coefficient (Wildman–Crippen LogP) is 1.53. The van der Waals surface area contributed by atoms with Crippen LogP contribution in [0.2, 0.25) is 0 Å². The van der Waals surface area contributed by atoms with Crippen LogP contribution < -0.4 is 11.1 Å². The molecule has 0 aliphatic carbocycles. The van der Waals surface area contributed by atoms with Gasteiger partial charge in [0.1, 0.15) is 5.69 Å². The molecule has 1 heterocycles. The second kappa shape index (κ2) is 5.74. The fraction of sp³-hybridized carbons (Fsp3) is 0.0833. The average molecular weight is 338 g/mol. The highest BCUT2D eigenvalue weighted by Gasteiger charge is 2.14. The molecular weight excluding hydrogens is 326 g/mol. The van der Waals surface area contributed by atoms with Crippen LogP contribution in [0.15, 0.2) is 40.4 Å². The number of carbonyl (C=O) groups is 1. The first kappa shape index (κ1) is 14.1. The van der Waals surface area contributed by atoms with E-state index in [1.165, 1.54) is 12.5 Å². The Hall–Kier alpha value is -2.35. The van der Waals surface area contributed by atoms with Crippen LogP contribution >= 0.6 is 15.9 Å². The highest BCUT2D eigenvalue weighted by atomic mass is 79.9. The maximum atomic E-state index is 12.1. The van der Waals surface area contributed by atoms with Crippen molar-refractivity contribution in [2.24, 2.45) is 17.9 Å². The van der Waals surface area contributed by atoms with Gasteiger partial charge in [-0.15, -0.1) is 0 Å². The zero-order valence-electron chi connectivity index (χ0n) is 10.5. The monoisotopic (exact) mass is 337 g/mol. The smallest absolute Gasteiger partial charge is 0.273 e. The van der Waals surface area contributed by atoms with Gasteiger partial charge in [0.2, 0.25) is 0 Å². The molecule has 0 aliphatic rings. The van der Waals surface area contributed by atoms with Gasteiger partial charge in [-0.25, -0.2) is 4.98 Å². The quantitative estimate of drug-likeness (QED) is 0.341. The Morgan fingerprint density at radius 3 is 2.90 bits per heavy atom. The maximum Gasteiger partial charge on any atom is 0.273 e. The second-order valence-corrected chi connectivity index (χ2v) is 4.93. The lowest BCUT2D eigenvalue weighted by Gasteiger charge is -2.10. The molecule has 0 aliphatic heterocycles. The highest BCUT2D eigenvalue weighted by Crippen LogP contribution is 2.21. The number of carbonyl (C=O) groups excluding carboxylic acids is 1. The molecule has 0 atom stereocenters. The summed E-state index contributed by atoms with van der Waals surface area (Å²) in [6.45, 7) is 0. The number of nitrogens with one attached hydrogen (secondary N) is 1. The van der Waals surface area contributed by atoms with Gasteiger partial charge in [-0.1, -0.05) is 21.1 Å². The summed E-state index contributed by atoms with van der Waals surface area (Å²) >= 11 is 3.29. The predicted molar refractivity (Wildman–Crippen MR) is 77.8 cm³/mol. The number of nitrogens with two attached hydrogens (primary N) is 1. The Balaban J connectivity index is 2.35. The van der Waals surface area contributed by atoms with E-state index in [0.29, 0.717) is 16.9 Å². The minimum Gasteiger partial charge on any atom is -0.409 e. The van der Waals surface area contributed by atoms with E-state index < -0.39 is 0 Å². The van der Waals surface area contributed by atoms with E-state index >= 15 is 0 Å². The number of imidazole rings is 1. The van der Waals surface area contributed by atoms with Crippen molar-refractivity contribution in [1.29, 1.82) is 0 Å². The zero-order chi connectivity index (χ0) is 14.7. The van der Waals surface area contributed by atoms with Gasteiger partial charge in [0, 0.05) is 17.1 Å². The number of oxime groups is 1. The number of aryl methyl sites for hydroxylation is 1. The summed E-state index contributed by atoms with van der Waals surface area (Å²) in [5, 5.41) is 14.4. The standard InChI is InChI=1S/C12H12BrN5O2/c1-18-6-15-5-10(18)12(19)16-9-3-2-7(13)4-8(9)11(14)17-20/h2-6,20H,1H3,(H2,14,17)(H,16,19). The van der Waals surface area contributed by atoms with Crippen LogP contribution in [0.4, 0.5) is 5.69 Å². The van der Waals surface area contributed by atoms with Crippen LogP contribution in [-0.2, 0) is 7.05 Å². The minimum atomic E-state index is -0.334. The molecule has 2 aromatic rings. The third-order valence-electron chi connectivity index (χ3n) is 2.66. The molecule has 1 amide bonds. The Labute approximate surface area is 123 Å². The summed E-state index contributed by atoms with van der Waals surface area (Å²) in [7, 11) is 1.72. The van der Waals surface area contributed by atoms with Gasteiger partial charge >= 0.3 is 0 Å². The molecule has 0 spiro atoms. The Morgan fingerprint density at radius 1 is 1.55 bits per heavy atom. The van der Waals surface area contributed by atoms with Crippen molar-refractivity contribution < 1.29 is 10.0 Å². The number of rotatable bonds is 3. The van der Waals surface area contributed by atoms with E-state index in [-0.39, 0.29) is 11.7 Å². The Morgan fingerprint density at radius 2 is 2.30 bits per heavy atom. The van der Waals surface area contributed by atoms with Gasteiger partial charge < -0.3 is 20.8 Å². The van der Waals surface area contributed by atoms with Gasteiger partial charge in [-0.2, -0.15) is 0 Å². The normalized spacial score (nSPS) is 11.4. The van der Waals surface area contributed by atoms with Crippen molar-refractivity contribution in [3.8, 4) is 0 Å². The Bertz CT molecular complexity index is 680. The number of hydrogen-bond donors (Lipinski definition) is 3. The lowest BCUT2D eigenvalue weighted by atomic mass is 10.1. The first-order valence-corrected chi connectivity index (χ1v) is 6.37. The summed E-state index contributed by atoms with van der Waals surface area (Å²) in [6.07, 6.45) is 2.98. The van der Waals surface area contributed by atoms with Crippen LogP contribution in [0.3, 0.4) is 0 Å². The summed E-state index contributed by atoms with van der Waals surface area (Å²) in [5.41, 5.74) is 6.85. The highest BCUT2D eigenvalue weighted by molar-refractivity contribution is 9.10. The van der Waals surface area contributed by atoms with Crippen LogP contribution in [0.1, 0.15) is 16.1 Å². The zero-order valence-corrected chi connectivity index (χ0v) is 12.1. The van der Waals surface area contributed by atoms with Crippen molar-refractivity contribution in [2.45, 2.75) is 0 Å². The number of halogens is 1. The van der Waals surface area contributed by atoms with Gasteiger partial charge in [0.05, 0.1) is 18.2 Å². The molecule has 0 radical (unpaired) electrons. The molecule has 0 saturated heterocycles. The molecule has 0 unspecified atom stereocenters. The third-order valence-corrected chi connectivity index (χ3v) is 3.16. The second-order valence-electron chi connectivity index (χ2n) is 4.02. The SMILES string of the molecule is Cn1cncc1C(=O)Nc1ccc(Br)cc1/C(N)=N/O. The summed E-state index contributed by atoms with van der Waals surface area (Å²) in [4.78, 5) is 16.0. The van der Waals surface area contributed by atoms with Crippen molar-refractivity contribution in [3.05, 3.63) is 46.5 Å². The number of amidine groups is 1. The molecule has 2 rings (SSSR count). The van der Waals surface area contributed by atoms with Gasteiger partial charge in [0.25, 0.3) is 5.91 Å². The van der Waals surface area contributed by atoms with Crippen LogP contribution in [0.5, 0.6) is 0 Å². The topological polar surface area (TPSA) is 106 Å². The van der Waals surface area contributed by atoms with Gasteiger partial charge in [0.15, 0.2) is 5.84 Å². The first-order chi connectivity index (χ1) is 9.52. The fourth-order valence-corrected chi connectivity index (χ4v) is 2.01. The van der Waals surface area contributed by atoms with E-state index in [1.807, 2.05) is 0 Å². The summed E-state index contributed by atoms with van der Waals surface area (Å²) in [5.74, 6) is -0.425. The molecule has 0 saturated carbocycles. The molecule has 0 bridgehead atoms. The molecule has 1 aromatic carbocycles. The van der Waals surface area contributed by atoms with Crippen LogP contribution in [-0.4, -0.2) is 26.5 Å². The van der Waals surface area contributed by atoms with E-state index in [4.69, 9.17) is 10.9 Å². The number of amides is 1. The molecule has 0 fully saturated rings. The van der Waals surface area contributed by atoms with E-state index in [0.717, 1.165) is 4.47 Å². The van der Waals surface area contributed by atoms with Gasteiger partial charge in [-0.3, -0.25) is 4.79 Å². The maximum absolute atomic E-state index is 12.1. The molecule has 104 valence electrons. The first-order valence-electron chi connectivity index (χ1n) is 5.58. The number of aromatic nitrogens is 2. The Kier molecular flexibility index (Phi) is 4.04. The van der Waals surface area contributed by atoms with E-state index in [9.17, 15) is 4.79 Å². The molecule has 1 aromatic heterocycles. The minimum absolute atomic E-state index is 0.0911. The van der Waals surface area contributed by atoms with Crippen LogP contribution in [0, 0.1) is 0 Å². The molecule has 20 heavy (non-hydrogen) atoms. The average Bonchev–Trinajstić information content (AvgIpc) is 2.86. The van der Waals surface area contributed by atoms with E-state index in [2.05, 4.69) is 31.4 Å². The number of nitrogens with zero attached hydrogens (tertiary/aromatic N) is 3. The lowest BCUT2D eigenvalue weighted by Crippen LogP contribution is -2.20. The lowest BCUT2D eigenvalue weighted by molar-refractivity contribution is 0.101. The molecule has 7 nitrogen and oxygen atoms in total. The molecule has 8 heteroatoms. The molecular formula is C12H12BrN5O2. The number of hydrogen-bond acceptors (Lipinski definition) is 4. The summed E-state index contributed by atoms with van der Waals surface area (Å²) < 4.78 is 2.34. The van der Waals surface area contributed by atoms with Gasteiger partial charge in [-0.05, 0) is 18.2 Å². The van der Waals surface area contributed by atoms with Crippen LogP contribution in [0.25, 0.3) is 0 Å². The summed E-state index contributed by atoms with van der Waals surface area (Å²) in [6, 6.07) is 5.05. The van der Waals surface area contributed by atoms with Crippen molar-refractivity contribution in [1.82, 2.24) is 9.55 Å². The van der Waals surface area contributed by atoms with Crippen molar-refractivity contribution in [2.75, 3.05) is 5.32 Å². The van der Waals surface area contributed by atoms with Crippen molar-refractivity contribution in [3.63, 3.8) is 0 Å². The largest absolute Gasteiger partial charge is 0.409 e. The van der Waals surface area contributed by atoms with E-state index in [1.54, 1.807) is 29.8 Å². The number of anilines is 1. The number of benzene rings is 1. The third kappa shape index (κ3) is 2.80. The molecule has 4 N–H and O–H groups in total.